The number of carbonyl (C=O) groups excluding carboxylic acids is 3. The van der Waals surface area contributed by atoms with Gasteiger partial charge in [-0.2, -0.15) is 0 Å². The topological polar surface area (TPSA) is 119 Å². The van der Waals surface area contributed by atoms with Crippen LogP contribution in [-0.2, 0) is 4.74 Å². The van der Waals surface area contributed by atoms with Gasteiger partial charge in [-0.3, -0.25) is 29.4 Å². The van der Waals surface area contributed by atoms with Crippen molar-refractivity contribution >= 4 is 40.7 Å². The molecule has 0 aliphatic carbocycles. The van der Waals surface area contributed by atoms with Crippen LogP contribution in [0.4, 0.5) is 11.4 Å². The van der Waals surface area contributed by atoms with Gasteiger partial charge in [0.15, 0.2) is 0 Å². The zero-order valence-corrected chi connectivity index (χ0v) is 16.3. The second-order valence-corrected chi connectivity index (χ2v) is 7.40. The molecule has 9 nitrogen and oxygen atoms in total. The minimum atomic E-state index is -0.612. The molecule has 1 unspecified atom stereocenters. The van der Waals surface area contributed by atoms with Crippen molar-refractivity contribution < 1.29 is 24.0 Å². The first-order chi connectivity index (χ1) is 14.3. The Hall–Kier alpha value is -3.30. The summed E-state index contributed by atoms with van der Waals surface area (Å²) >= 11 is 5.99. The molecular weight excluding hydrogens is 414 g/mol. The lowest BCUT2D eigenvalue weighted by Crippen LogP contribution is -2.36. The SMILES string of the molecule is O=C(Nc1ccc2c(c1)C(=O)N(CC1CCCO1)C2=O)c1ccc([N+](=O)[O-])cc1Cl. The first-order valence-electron chi connectivity index (χ1n) is 9.22. The van der Waals surface area contributed by atoms with Crippen LogP contribution in [0.25, 0.3) is 0 Å². The molecule has 1 atom stereocenters. The van der Waals surface area contributed by atoms with Crippen LogP contribution < -0.4 is 5.32 Å². The van der Waals surface area contributed by atoms with Crippen LogP contribution in [0.5, 0.6) is 0 Å². The molecule has 1 saturated heterocycles. The number of hydrogen-bond acceptors (Lipinski definition) is 6. The summed E-state index contributed by atoms with van der Waals surface area (Å²) in [5, 5.41) is 13.3. The molecule has 1 N–H and O–H groups in total. The molecule has 0 bridgehead atoms. The number of imide groups is 1. The number of nitro groups is 1. The molecule has 1 fully saturated rings. The number of nitrogens with zero attached hydrogens (tertiary/aromatic N) is 2. The van der Waals surface area contributed by atoms with Crippen LogP contribution >= 0.6 is 11.6 Å². The van der Waals surface area contributed by atoms with Crippen LogP contribution in [0.15, 0.2) is 36.4 Å². The molecule has 2 aromatic carbocycles. The normalized spacial score (nSPS) is 17.9. The number of nitrogens with one attached hydrogen (secondary N) is 1. The highest BCUT2D eigenvalue weighted by Crippen LogP contribution is 2.28. The molecule has 154 valence electrons. The Bertz CT molecular complexity index is 1080. The van der Waals surface area contributed by atoms with Crippen molar-refractivity contribution in [3.05, 3.63) is 68.2 Å². The van der Waals surface area contributed by atoms with E-state index in [0.717, 1.165) is 18.9 Å². The molecule has 10 heteroatoms. The van der Waals surface area contributed by atoms with E-state index in [4.69, 9.17) is 16.3 Å². The summed E-state index contributed by atoms with van der Waals surface area (Å²) < 4.78 is 5.51. The van der Waals surface area contributed by atoms with Crippen molar-refractivity contribution in [2.45, 2.75) is 18.9 Å². The maximum Gasteiger partial charge on any atom is 0.270 e. The molecule has 0 aromatic heterocycles. The van der Waals surface area contributed by atoms with Gasteiger partial charge in [0.1, 0.15) is 0 Å². The summed E-state index contributed by atoms with van der Waals surface area (Å²) in [6.45, 7) is 0.821. The van der Waals surface area contributed by atoms with Gasteiger partial charge in [-0.1, -0.05) is 11.6 Å². The number of anilines is 1. The molecule has 2 aliphatic heterocycles. The Morgan fingerprint density at radius 2 is 1.97 bits per heavy atom. The number of ether oxygens (including phenoxy) is 1. The number of hydrogen-bond donors (Lipinski definition) is 1. The predicted molar refractivity (Wildman–Crippen MR) is 107 cm³/mol. The third-order valence-corrected chi connectivity index (χ3v) is 5.36. The lowest BCUT2D eigenvalue weighted by Gasteiger charge is -2.17. The molecule has 0 spiro atoms. The van der Waals surface area contributed by atoms with Crippen molar-refractivity contribution in [1.29, 1.82) is 0 Å². The van der Waals surface area contributed by atoms with Crippen LogP contribution in [0.3, 0.4) is 0 Å². The van der Waals surface area contributed by atoms with Crippen LogP contribution in [0.2, 0.25) is 5.02 Å². The van der Waals surface area contributed by atoms with Gasteiger partial charge < -0.3 is 10.1 Å². The third kappa shape index (κ3) is 3.64. The molecule has 2 aliphatic rings. The first kappa shape index (κ1) is 20.0. The fraction of sp³-hybridized carbons (Fsp3) is 0.250. The summed E-state index contributed by atoms with van der Waals surface area (Å²) in [5.41, 5.74) is 0.581. The number of nitro benzene ring substituents is 1. The highest BCUT2D eigenvalue weighted by atomic mass is 35.5. The maximum atomic E-state index is 12.7. The zero-order chi connectivity index (χ0) is 21.4. The lowest BCUT2D eigenvalue weighted by molar-refractivity contribution is -0.384. The van der Waals surface area contributed by atoms with E-state index in [9.17, 15) is 24.5 Å². The van der Waals surface area contributed by atoms with Gasteiger partial charge in [-0.05, 0) is 37.1 Å². The van der Waals surface area contributed by atoms with Gasteiger partial charge >= 0.3 is 0 Å². The minimum absolute atomic E-state index is 0.0465. The number of amides is 3. The van der Waals surface area contributed by atoms with Crippen LogP contribution in [0.1, 0.15) is 43.9 Å². The highest BCUT2D eigenvalue weighted by molar-refractivity contribution is 6.34. The zero-order valence-electron chi connectivity index (χ0n) is 15.6. The molecule has 3 amide bonds. The number of carbonyl (C=O) groups is 3. The van der Waals surface area contributed by atoms with Crippen molar-refractivity contribution in [3.8, 4) is 0 Å². The van der Waals surface area contributed by atoms with Gasteiger partial charge in [0.25, 0.3) is 23.4 Å². The van der Waals surface area contributed by atoms with Gasteiger partial charge in [0.2, 0.25) is 0 Å². The molecule has 0 saturated carbocycles. The van der Waals surface area contributed by atoms with Crippen LogP contribution in [0, 0.1) is 10.1 Å². The fourth-order valence-corrected chi connectivity index (χ4v) is 3.79. The maximum absolute atomic E-state index is 12.7. The van der Waals surface area contributed by atoms with Crippen molar-refractivity contribution in [2.24, 2.45) is 0 Å². The van der Waals surface area contributed by atoms with Crippen molar-refractivity contribution in [3.63, 3.8) is 0 Å². The summed E-state index contributed by atoms with van der Waals surface area (Å²) in [6, 6.07) is 7.94. The predicted octanol–water partition coefficient (Wildman–Crippen LogP) is 3.28. The quantitative estimate of drug-likeness (QED) is 0.442. The van der Waals surface area contributed by atoms with Gasteiger partial charge in [-0.15, -0.1) is 0 Å². The number of rotatable bonds is 5. The Morgan fingerprint density at radius 3 is 2.63 bits per heavy atom. The monoisotopic (exact) mass is 429 g/mol. The first-order valence-corrected chi connectivity index (χ1v) is 9.60. The molecular formula is C20H16ClN3O6. The van der Waals surface area contributed by atoms with E-state index in [1.54, 1.807) is 0 Å². The Morgan fingerprint density at radius 1 is 1.20 bits per heavy atom. The Labute approximate surface area is 175 Å². The van der Waals surface area contributed by atoms with E-state index >= 15 is 0 Å². The largest absolute Gasteiger partial charge is 0.376 e. The third-order valence-electron chi connectivity index (χ3n) is 5.05. The fourth-order valence-electron chi connectivity index (χ4n) is 3.53. The highest BCUT2D eigenvalue weighted by Gasteiger charge is 2.37. The van der Waals surface area contributed by atoms with Gasteiger partial charge in [-0.25, -0.2) is 0 Å². The summed E-state index contributed by atoms with van der Waals surface area (Å²) in [7, 11) is 0. The van der Waals surface area contributed by atoms with Gasteiger partial charge in [0, 0.05) is 24.4 Å². The molecule has 2 heterocycles. The Balaban J connectivity index is 1.52. The molecule has 2 aromatic rings. The van der Waals surface area contributed by atoms with E-state index in [1.807, 2.05) is 0 Å². The smallest absolute Gasteiger partial charge is 0.270 e. The van der Waals surface area contributed by atoms with Gasteiger partial charge in [0.05, 0.1) is 39.3 Å². The van der Waals surface area contributed by atoms with Crippen molar-refractivity contribution in [1.82, 2.24) is 4.90 Å². The molecule has 0 radical (unpaired) electrons. The summed E-state index contributed by atoms with van der Waals surface area (Å²) in [6.07, 6.45) is 1.54. The number of non-ortho nitro benzene ring substituents is 1. The van der Waals surface area contributed by atoms with E-state index < -0.39 is 16.7 Å². The molecule has 4 rings (SSSR count). The number of benzene rings is 2. The van der Waals surface area contributed by atoms with E-state index in [1.165, 1.54) is 35.2 Å². The standard InChI is InChI=1S/C20H16ClN3O6/c21-17-9-12(24(28)29)4-6-15(17)18(25)22-11-3-5-14-16(8-11)20(27)23(19(14)26)10-13-2-1-7-30-13/h3-6,8-9,13H,1-2,7,10H2,(H,22,25). The minimum Gasteiger partial charge on any atom is -0.376 e. The lowest BCUT2D eigenvalue weighted by atomic mass is 10.1. The van der Waals surface area contributed by atoms with E-state index in [2.05, 4.69) is 5.32 Å². The average Bonchev–Trinajstić information content (AvgIpc) is 3.31. The van der Waals surface area contributed by atoms with E-state index in [-0.39, 0.29) is 46.0 Å². The average molecular weight is 430 g/mol. The summed E-state index contributed by atoms with van der Waals surface area (Å²) in [4.78, 5) is 49.1. The second kappa shape index (κ2) is 7.85. The Kier molecular flexibility index (Phi) is 5.23. The number of fused-ring (bicyclic) bond motifs is 1. The van der Waals surface area contributed by atoms with E-state index in [0.29, 0.717) is 12.3 Å². The van der Waals surface area contributed by atoms with Crippen molar-refractivity contribution in [2.75, 3.05) is 18.5 Å². The van der Waals surface area contributed by atoms with Crippen LogP contribution in [-0.4, -0.2) is 46.8 Å². The summed E-state index contributed by atoms with van der Waals surface area (Å²) in [5.74, 6) is -1.42. The number of halogens is 1. The molecule has 30 heavy (non-hydrogen) atoms. The second-order valence-electron chi connectivity index (χ2n) is 6.99.